The summed E-state index contributed by atoms with van der Waals surface area (Å²) >= 11 is 0. The number of nitrogens with zero attached hydrogens (tertiary/aromatic N) is 1. The highest BCUT2D eigenvalue weighted by molar-refractivity contribution is 7.86. The smallest absolute Gasteiger partial charge is 0.264 e. The van der Waals surface area contributed by atoms with E-state index in [1.165, 1.54) is 0 Å². The highest BCUT2D eigenvalue weighted by Gasteiger charge is 2.55. The van der Waals surface area contributed by atoms with Gasteiger partial charge < -0.3 is 0 Å². The van der Waals surface area contributed by atoms with Gasteiger partial charge in [-0.2, -0.15) is 13.7 Å². The van der Waals surface area contributed by atoms with Crippen LogP contribution in [0, 0.1) is 22.7 Å². The predicted molar refractivity (Wildman–Crippen MR) is 54.7 cm³/mol. The monoisotopic (exact) mass is 243 g/mol. The van der Waals surface area contributed by atoms with Crippen LogP contribution in [-0.2, 0) is 19.1 Å². The minimum absolute atomic E-state index is 0.130. The van der Waals surface area contributed by atoms with Crippen LogP contribution in [0.25, 0.3) is 0 Å². The molecule has 2 fully saturated rings. The maximum atomic E-state index is 11.9. The molecule has 0 aromatic rings. The molecule has 2 aliphatic rings. The second-order valence-corrected chi connectivity index (χ2v) is 6.18. The molecule has 16 heavy (non-hydrogen) atoms. The van der Waals surface area contributed by atoms with Gasteiger partial charge in [-0.3, -0.25) is 8.98 Å². The lowest BCUT2D eigenvalue weighted by atomic mass is 9.74. The quantitative estimate of drug-likeness (QED) is 0.663. The normalized spacial score (nSPS) is 38.4. The van der Waals surface area contributed by atoms with Crippen molar-refractivity contribution in [3.63, 3.8) is 0 Å². The Balaban J connectivity index is 2.21. The van der Waals surface area contributed by atoms with Gasteiger partial charge in [-0.15, -0.1) is 0 Å². The van der Waals surface area contributed by atoms with E-state index in [-0.39, 0.29) is 5.78 Å². The molecule has 3 unspecified atom stereocenters. The first-order valence-electron chi connectivity index (χ1n) is 5.22. The fraction of sp³-hybridized carbons (Fsp3) is 0.800. The number of nitriles is 1. The van der Waals surface area contributed by atoms with Crippen LogP contribution in [0.2, 0.25) is 0 Å². The van der Waals surface area contributed by atoms with Gasteiger partial charge in [0.05, 0.1) is 18.4 Å². The number of carbonyl (C=O) groups is 1. The fourth-order valence-electron chi connectivity index (χ4n) is 2.71. The molecule has 0 radical (unpaired) electrons. The summed E-state index contributed by atoms with van der Waals surface area (Å²) in [6.45, 7) is 0. The Hall–Kier alpha value is -0.930. The lowest BCUT2D eigenvalue weighted by molar-refractivity contribution is -0.132. The minimum Gasteiger partial charge on any atom is -0.297 e. The van der Waals surface area contributed by atoms with Gasteiger partial charge in [0.2, 0.25) is 0 Å². The molecule has 0 heterocycles. The third kappa shape index (κ3) is 1.74. The van der Waals surface area contributed by atoms with Crippen LogP contribution in [0.1, 0.15) is 25.7 Å². The van der Waals surface area contributed by atoms with Crippen LogP contribution in [-0.4, -0.2) is 26.6 Å². The van der Waals surface area contributed by atoms with E-state index in [0.29, 0.717) is 25.7 Å². The molecule has 2 bridgehead atoms. The van der Waals surface area contributed by atoms with E-state index >= 15 is 0 Å². The third-order valence-electron chi connectivity index (χ3n) is 3.51. The summed E-state index contributed by atoms with van der Waals surface area (Å²) in [5.74, 6) is -0.543. The topological polar surface area (TPSA) is 84.2 Å². The molecule has 0 aliphatic heterocycles. The van der Waals surface area contributed by atoms with Crippen molar-refractivity contribution in [3.8, 4) is 6.07 Å². The van der Waals surface area contributed by atoms with Crippen LogP contribution in [0.15, 0.2) is 0 Å². The second-order valence-electron chi connectivity index (χ2n) is 4.58. The van der Waals surface area contributed by atoms with Gasteiger partial charge in [-0.05, 0) is 25.7 Å². The Morgan fingerprint density at radius 2 is 2.06 bits per heavy atom. The number of hydrogen-bond acceptors (Lipinski definition) is 5. The summed E-state index contributed by atoms with van der Waals surface area (Å²) in [5, 5.41) is 9.03. The molecule has 6 heteroatoms. The number of Topliss-reactive ketones (excluding diaryl/α,β-unsaturated/α-hetero) is 1. The maximum Gasteiger partial charge on any atom is 0.264 e. The van der Waals surface area contributed by atoms with Gasteiger partial charge >= 0.3 is 0 Å². The van der Waals surface area contributed by atoms with Crippen LogP contribution >= 0.6 is 0 Å². The van der Waals surface area contributed by atoms with Gasteiger partial charge in [0.15, 0.2) is 5.78 Å². The minimum atomic E-state index is -3.53. The van der Waals surface area contributed by atoms with Crippen LogP contribution in [0.4, 0.5) is 0 Å². The Kier molecular flexibility index (Phi) is 2.55. The van der Waals surface area contributed by atoms with Crippen molar-refractivity contribution < 1.29 is 17.4 Å². The van der Waals surface area contributed by atoms with E-state index in [1.807, 2.05) is 0 Å². The molecule has 0 N–H and O–H groups in total. The molecule has 0 aromatic heterocycles. The molecule has 0 spiro atoms. The SMILES string of the molecule is CS(=O)(=O)OC1CCC2(C#N)CCC1C2=O. The summed E-state index contributed by atoms with van der Waals surface area (Å²) in [5.41, 5.74) is -0.859. The van der Waals surface area contributed by atoms with E-state index < -0.39 is 27.6 Å². The Morgan fingerprint density at radius 1 is 1.44 bits per heavy atom. The Labute approximate surface area is 94.5 Å². The summed E-state index contributed by atoms with van der Waals surface area (Å²) in [4.78, 5) is 11.9. The highest BCUT2D eigenvalue weighted by Crippen LogP contribution is 2.49. The van der Waals surface area contributed by atoms with Gasteiger partial charge in [0.25, 0.3) is 10.1 Å². The first-order chi connectivity index (χ1) is 7.38. The molecule has 0 saturated heterocycles. The lowest BCUT2D eigenvalue weighted by Crippen LogP contribution is -2.40. The zero-order chi connectivity index (χ0) is 12.0. The molecule has 3 atom stereocenters. The first kappa shape index (κ1) is 11.6. The summed E-state index contributed by atoms with van der Waals surface area (Å²) < 4.78 is 27.0. The first-order valence-corrected chi connectivity index (χ1v) is 7.03. The molecule has 5 nitrogen and oxygen atoms in total. The van der Waals surface area contributed by atoms with Gasteiger partial charge in [-0.25, -0.2) is 0 Å². The fourth-order valence-corrected chi connectivity index (χ4v) is 3.39. The van der Waals surface area contributed by atoms with E-state index in [0.717, 1.165) is 6.26 Å². The highest BCUT2D eigenvalue weighted by atomic mass is 32.2. The Bertz CT molecular complexity index is 464. The zero-order valence-corrected chi connectivity index (χ0v) is 9.79. The summed E-state index contributed by atoms with van der Waals surface area (Å²) in [7, 11) is -3.53. The van der Waals surface area contributed by atoms with Crippen molar-refractivity contribution in [2.24, 2.45) is 11.3 Å². The number of carbonyl (C=O) groups excluding carboxylic acids is 1. The molecular weight excluding hydrogens is 230 g/mol. The molecule has 88 valence electrons. The van der Waals surface area contributed by atoms with Crippen molar-refractivity contribution in [1.82, 2.24) is 0 Å². The van der Waals surface area contributed by atoms with Crippen LogP contribution in [0.5, 0.6) is 0 Å². The van der Waals surface area contributed by atoms with Gasteiger partial charge in [0.1, 0.15) is 5.41 Å². The third-order valence-corrected chi connectivity index (χ3v) is 4.10. The van der Waals surface area contributed by atoms with Crippen molar-refractivity contribution in [2.45, 2.75) is 31.8 Å². The van der Waals surface area contributed by atoms with Crippen LogP contribution < -0.4 is 0 Å². The van der Waals surface area contributed by atoms with Crippen LogP contribution in [0.3, 0.4) is 0 Å². The lowest BCUT2D eigenvalue weighted by Gasteiger charge is -2.30. The van der Waals surface area contributed by atoms with E-state index in [9.17, 15) is 13.2 Å². The van der Waals surface area contributed by atoms with E-state index in [1.54, 1.807) is 0 Å². The molecule has 2 saturated carbocycles. The number of fused-ring (bicyclic) bond motifs is 2. The van der Waals surface area contributed by atoms with E-state index in [4.69, 9.17) is 9.44 Å². The number of rotatable bonds is 2. The standard InChI is InChI=1S/C10H13NO4S/c1-16(13,14)15-8-3-5-10(6-11)4-2-7(8)9(10)12/h7-8H,2-5H2,1H3. The second kappa shape index (κ2) is 3.54. The average molecular weight is 243 g/mol. The van der Waals surface area contributed by atoms with Gasteiger partial charge in [0, 0.05) is 5.92 Å². The zero-order valence-electron chi connectivity index (χ0n) is 8.97. The van der Waals surface area contributed by atoms with Crippen molar-refractivity contribution in [1.29, 1.82) is 5.26 Å². The summed E-state index contributed by atoms with van der Waals surface area (Å²) in [6.07, 6.45) is 2.41. The number of ketones is 1. The maximum absolute atomic E-state index is 11.9. The largest absolute Gasteiger partial charge is 0.297 e. The predicted octanol–water partition coefficient (Wildman–Crippen LogP) is 0.614. The number of hydrogen-bond donors (Lipinski definition) is 0. The van der Waals surface area contributed by atoms with Gasteiger partial charge in [-0.1, -0.05) is 0 Å². The van der Waals surface area contributed by atoms with Crippen molar-refractivity contribution >= 4 is 15.9 Å². The molecule has 2 rings (SSSR count). The van der Waals surface area contributed by atoms with Crippen molar-refractivity contribution in [3.05, 3.63) is 0 Å². The Morgan fingerprint density at radius 3 is 2.62 bits per heavy atom. The molecule has 0 amide bonds. The summed E-state index contributed by atoms with van der Waals surface area (Å²) in [6, 6.07) is 2.09. The van der Waals surface area contributed by atoms with E-state index in [2.05, 4.69) is 6.07 Å². The molecule has 0 aromatic carbocycles. The molecular formula is C10H13NO4S. The molecule has 2 aliphatic carbocycles. The van der Waals surface area contributed by atoms with Crippen molar-refractivity contribution in [2.75, 3.05) is 6.26 Å². The average Bonchev–Trinajstić information content (AvgIpc) is 2.39.